The van der Waals surface area contributed by atoms with Gasteiger partial charge in [-0.25, -0.2) is 15.0 Å². The lowest BCUT2D eigenvalue weighted by atomic mass is 9.79. The van der Waals surface area contributed by atoms with Crippen molar-refractivity contribution in [1.29, 1.82) is 0 Å². The van der Waals surface area contributed by atoms with E-state index < -0.39 is 5.97 Å². The van der Waals surface area contributed by atoms with E-state index >= 15 is 0 Å². The predicted octanol–water partition coefficient (Wildman–Crippen LogP) is 1.71. The molecule has 1 aliphatic carbocycles. The Hall–Kier alpha value is -1.98. The topological polar surface area (TPSA) is 91.8 Å². The van der Waals surface area contributed by atoms with Crippen molar-refractivity contribution in [2.24, 2.45) is 5.92 Å². The Kier molecular flexibility index (Phi) is 2.70. The van der Waals surface area contributed by atoms with Gasteiger partial charge in [0.05, 0.1) is 12.1 Å². The lowest BCUT2D eigenvalue weighted by Gasteiger charge is -2.26. The number of nitrogens with one attached hydrogen (secondary N) is 1. The largest absolute Gasteiger partial charge is 0.481 e. The molecule has 2 aromatic rings. The van der Waals surface area contributed by atoms with Crippen LogP contribution in [0, 0.1) is 5.92 Å². The van der Waals surface area contributed by atoms with Crippen LogP contribution >= 0.6 is 0 Å². The molecule has 0 radical (unpaired) electrons. The number of aromatic nitrogens is 4. The average Bonchev–Trinajstić information content (AvgIpc) is 2.82. The van der Waals surface area contributed by atoms with Gasteiger partial charge in [0.2, 0.25) is 0 Å². The molecule has 0 spiro atoms. The molecular formula is C12H14N4O2. The summed E-state index contributed by atoms with van der Waals surface area (Å²) in [5, 5.41) is 9.28. The molecule has 0 aromatic carbocycles. The van der Waals surface area contributed by atoms with Crippen molar-refractivity contribution in [3.05, 3.63) is 18.3 Å². The summed E-state index contributed by atoms with van der Waals surface area (Å²) < 4.78 is 0. The molecule has 0 saturated heterocycles. The summed E-state index contributed by atoms with van der Waals surface area (Å²) in [6.45, 7) is 0. The quantitative estimate of drug-likeness (QED) is 0.841. The van der Waals surface area contributed by atoms with E-state index in [-0.39, 0.29) is 11.8 Å². The first-order chi connectivity index (χ1) is 8.75. The molecule has 6 nitrogen and oxygen atoms in total. The number of nitrogens with zero attached hydrogens (tertiary/aromatic N) is 3. The summed E-state index contributed by atoms with van der Waals surface area (Å²) in [6.07, 6.45) is 6.73. The van der Waals surface area contributed by atoms with Crippen LogP contribution in [0.15, 0.2) is 12.5 Å². The van der Waals surface area contributed by atoms with Crippen molar-refractivity contribution in [2.45, 2.75) is 31.6 Å². The van der Waals surface area contributed by atoms with Gasteiger partial charge in [0.1, 0.15) is 17.7 Å². The van der Waals surface area contributed by atoms with Crippen LogP contribution in [0.5, 0.6) is 0 Å². The van der Waals surface area contributed by atoms with Gasteiger partial charge in [0.25, 0.3) is 0 Å². The molecule has 1 saturated carbocycles. The Balaban J connectivity index is 1.98. The smallest absolute Gasteiger partial charge is 0.307 e. The van der Waals surface area contributed by atoms with E-state index in [0.717, 1.165) is 37.0 Å². The molecule has 0 amide bonds. The predicted molar refractivity (Wildman–Crippen MR) is 64.0 cm³/mol. The third kappa shape index (κ3) is 1.83. The maximum absolute atomic E-state index is 11.3. The number of hydrogen-bond donors (Lipinski definition) is 2. The van der Waals surface area contributed by atoms with E-state index in [9.17, 15) is 9.90 Å². The molecule has 0 bridgehead atoms. The van der Waals surface area contributed by atoms with Crippen LogP contribution in [0.4, 0.5) is 0 Å². The summed E-state index contributed by atoms with van der Waals surface area (Å²) in [6, 6.07) is 0. The molecule has 1 fully saturated rings. The van der Waals surface area contributed by atoms with E-state index in [4.69, 9.17) is 0 Å². The van der Waals surface area contributed by atoms with Crippen LogP contribution in [0.25, 0.3) is 11.2 Å². The number of carbonyl (C=O) groups is 1. The Morgan fingerprint density at radius 1 is 1.39 bits per heavy atom. The summed E-state index contributed by atoms with van der Waals surface area (Å²) in [7, 11) is 0. The summed E-state index contributed by atoms with van der Waals surface area (Å²) in [5.74, 6) is -0.374. The zero-order valence-corrected chi connectivity index (χ0v) is 9.83. The second kappa shape index (κ2) is 4.36. The van der Waals surface area contributed by atoms with Gasteiger partial charge in [0, 0.05) is 5.92 Å². The van der Waals surface area contributed by atoms with Gasteiger partial charge in [-0.3, -0.25) is 4.79 Å². The number of fused-ring (bicyclic) bond motifs is 1. The average molecular weight is 246 g/mol. The minimum absolute atomic E-state index is 0.0366. The summed E-state index contributed by atoms with van der Waals surface area (Å²) in [4.78, 5) is 26.8. The fraction of sp³-hybridized carbons (Fsp3) is 0.500. The Morgan fingerprint density at radius 2 is 2.22 bits per heavy atom. The first kappa shape index (κ1) is 11.1. The molecular weight excluding hydrogens is 232 g/mol. The first-order valence-electron chi connectivity index (χ1n) is 6.14. The van der Waals surface area contributed by atoms with Gasteiger partial charge in [-0.1, -0.05) is 12.8 Å². The van der Waals surface area contributed by atoms with Crippen LogP contribution in [-0.2, 0) is 4.79 Å². The van der Waals surface area contributed by atoms with Crippen molar-refractivity contribution in [2.75, 3.05) is 0 Å². The molecule has 1 aliphatic rings. The summed E-state index contributed by atoms with van der Waals surface area (Å²) in [5.41, 5.74) is 1.37. The summed E-state index contributed by atoms with van der Waals surface area (Å²) >= 11 is 0. The molecule has 2 unspecified atom stereocenters. The lowest BCUT2D eigenvalue weighted by molar-refractivity contribution is -0.143. The van der Waals surface area contributed by atoms with Crippen LogP contribution in [0.1, 0.15) is 37.4 Å². The van der Waals surface area contributed by atoms with E-state index in [0.29, 0.717) is 5.65 Å². The van der Waals surface area contributed by atoms with Gasteiger partial charge in [-0.15, -0.1) is 0 Å². The van der Waals surface area contributed by atoms with Gasteiger partial charge in [-0.05, 0) is 12.8 Å². The highest BCUT2D eigenvalue weighted by molar-refractivity contribution is 5.72. The number of aromatic amines is 1. The highest BCUT2D eigenvalue weighted by Crippen LogP contribution is 2.37. The fourth-order valence-corrected chi connectivity index (χ4v) is 2.71. The molecule has 2 atom stereocenters. The SMILES string of the molecule is O=C(O)C1CCCCC1c1nc2ncncc2[nH]1. The van der Waals surface area contributed by atoms with Gasteiger partial charge >= 0.3 is 5.97 Å². The number of hydrogen-bond acceptors (Lipinski definition) is 4. The highest BCUT2D eigenvalue weighted by Gasteiger charge is 2.33. The highest BCUT2D eigenvalue weighted by atomic mass is 16.4. The van der Waals surface area contributed by atoms with Crippen LogP contribution in [-0.4, -0.2) is 31.0 Å². The number of carboxylic acid groups (broad SMARTS) is 1. The van der Waals surface area contributed by atoms with Crippen molar-refractivity contribution < 1.29 is 9.90 Å². The zero-order valence-electron chi connectivity index (χ0n) is 9.83. The number of H-pyrrole nitrogens is 1. The van der Waals surface area contributed by atoms with Crippen LogP contribution < -0.4 is 0 Å². The first-order valence-corrected chi connectivity index (χ1v) is 6.14. The van der Waals surface area contributed by atoms with Gasteiger partial charge in [-0.2, -0.15) is 0 Å². The molecule has 6 heteroatoms. The molecule has 94 valence electrons. The molecule has 0 aliphatic heterocycles. The van der Waals surface area contributed by atoms with Crippen molar-refractivity contribution >= 4 is 17.1 Å². The fourth-order valence-electron chi connectivity index (χ4n) is 2.71. The Morgan fingerprint density at radius 3 is 3.00 bits per heavy atom. The minimum atomic E-state index is -0.730. The monoisotopic (exact) mass is 246 g/mol. The second-order valence-corrected chi connectivity index (χ2v) is 4.72. The van der Waals surface area contributed by atoms with Crippen molar-refractivity contribution in [3.63, 3.8) is 0 Å². The second-order valence-electron chi connectivity index (χ2n) is 4.72. The van der Waals surface area contributed by atoms with Crippen LogP contribution in [0.2, 0.25) is 0 Å². The molecule has 18 heavy (non-hydrogen) atoms. The Bertz CT molecular complexity index is 547. The molecule has 2 aromatic heterocycles. The maximum Gasteiger partial charge on any atom is 0.307 e. The van der Waals surface area contributed by atoms with E-state index in [2.05, 4.69) is 19.9 Å². The van der Waals surface area contributed by atoms with E-state index in [1.165, 1.54) is 6.33 Å². The van der Waals surface area contributed by atoms with Crippen molar-refractivity contribution in [3.8, 4) is 0 Å². The van der Waals surface area contributed by atoms with Gasteiger partial charge in [0.15, 0.2) is 5.65 Å². The normalized spacial score (nSPS) is 24.2. The van der Waals surface area contributed by atoms with Crippen LogP contribution in [0.3, 0.4) is 0 Å². The third-order valence-electron chi connectivity index (χ3n) is 3.61. The molecule has 3 rings (SSSR count). The maximum atomic E-state index is 11.3. The third-order valence-corrected chi connectivity index (χ3v) is 3.61. The zero-order chi connectivity index (χ0) is 12.5. The Labute approximate surface area is 103 Å². The molecule has 2 heterocycles. The standard InChI is InChI=1S/C12H14N4O2/c17-12(18)8-4-2-1-3-7(8)10-15-9-5-13-6-14-11(9)16-10/h5-8H,1-4H2,(H,17,18)(H,13,14,15,16). The lowest BCUT2D eigenvalue weighted by Crippen LogP contribution is -2.26. The van der Waals surface area contributed by atoms with E-state index in [1.54, 1.807) is 6.20 Å². The number of carboxylic acids is 1. The molecule has 2 N–H and O–H groups in total. The number of rotatable bonds is 2. The number of aliphatic carboxylic acids is 1. The minimum Gasteiger partial charge on any atom is -0.481 e. The van der Waals surface area contributed by atoms with Crippen molar-refractivity contribution in [1.82, 2.24) is 19.9 Å². The van der Waals surface area contributed by atoms with E-state index in [1.807, 2.05) is 0 Å². The van der Waals surface area contributed by atoms with Gasteiger partial charge < -0.3 is 10.1 Å². The number of imidazole rings is 1.